The average Bonchev–Trinajstić information content (AvgIpc) is 2.35. The van der Waals surface area contributed by atoms with Gasteiger partial charge in [-0.1, -0.05) is 12.1 Å². The fraction of sp³-hybridized carbons (Fsp3) is 0.462. The zero-order valence-corrected chi connectivity index (χ0v) is 12.6. The van der Waals surface area contributed by atoms with Crippen LogP contribution in [0.15, 0.2) is 29.2 Å². The molecule has 6 nitrogen and oxygen atoms in total. The summed E-state index contributed by atoms with van der Waals surface area (Å²) in [5, 5.41) is 7.78. The third-order valence-corrected chi connectivity index (χ3v) is 3.56. The summed E-state index contributed by atoms with van der Waals surface area (Å²) in [6.45, 7) is 5.50. The monoisotopic (exact) mass is 300 g/mol. The summed E-state index contributed by atoms with van der Waals surface area (Å²) < 4.78 is 27.5. The van der Waals surface area contributed by atoms with Gasteiger partial charge in [-0.25, -0.2) is 13.6 Å². The van der Waals surface area contributed by atoms with Gasteiger partial charge >= 0.3 is 0 Å². The van der Waals surface area contributed by atoms with Gasteiger partial charge < -0.3 is 10.1 Å². The minimum Gasteiger partial charge on any atom is -0.369 e. The number of primary sulfonamides is 1. The molecule has 1 aromatic carbocycles. The van der Waals surface area contributed by atoms with Crippen LogP contribution in [0.1, 0.15) is 32.4 Å². The Morgan fingerprint density at radius 3 is 2.25 bits per heavy atom. The Labute approximate surface area is 119 Å². The molecule has 0 radical (unpaired) electrons. The number of carbonyl (C=O) groups excluding carboxylic acids is 1. The minimum atomic E-state index is -3.69. The topological polar surface area (TPSA) is 98.5 Å². The summed E-state index contributed by atoms with van der Waals surface area (Å²) in [6.07, 6.45) is -0.00917. The lowest BCUT2D eigenvalue weighted by molar-refractivity contribution is -0.127. The van der Waals surface area contributed by atoms with Crippen LogP contribution in [0, 0.1) is 0 Å². The lowest BCUT2D eigenvalue weighted by Crippen LogP contribution is -2.31. The standard InChI is InChI=1S/C13H20N2O4S/c1-9(2)19-8-13(16)15-10(3)11-4-6-12(7-5-11)20(14,17)18/h4-7,9-10H,8H2,1-3H3,(H,15,16)(H2,14,17,18). The number of nitrogens with one attached hydrogen (secondary N) is 1. The Hall–Kier alpha value is -1.44. The Morgan fingerprint density at radius 2 is 1.80 bits per heavy atom. The number of rotatable bonds is 6. The van der Waals surface area contributed by atoms with Gasteiger partial charge in [-0.05, 0) is 38.5 Å². The molecule has 1 atom stereocenters. The SMILES string of the molecule is CC(C)OCC(=O)NC(C)c1ccc(S(N)(=O)=O)cc1. The van der Waals surface area contributed by atoms with Gasteiger partial charge in [-0.2, -0.15) is 0 Å². The molecular formula is C13H20N2O4S. The van der Waals surface area contributed by atoms with Crippen molar-refractivity contribution in [3.63, 3.8) is 0 Å². The van der Waals surface area contributed by atoms with Gasteiger partial charge in [-0.3, -0.25) is 4.79 Å². The number of benzene rings is 1. The van der Waals surface area contributed by atoms with Gasteiger partial charge in [0.15, 0.2) is 0 Å². The van der Waals surface area contributed by atoms with Crippen LogP contribution < -0.4 is 10.5 Å². The minimum absolute atomic E-state index is 0.00271. The van der Waals surface area contributed by atoms with Gasteiger partial charge in [-0.15, -0.1) is 0 Å². The highest BCUT2D eigenvalue weighted by atomic mass is 32.2. The van der Waals surface area contributed by atoms with Gasteiger partial charge in [0.05, 0.1) is 17.0 Å². The highest BCUT2D eigenvalue weighted by Gasteiger charge is 2.12. The molecule has 0 fully saturated rings. The fourth-order valence-corrected chi connectivity index (χ4v) is 2.07. The van der Waals surface area contributed by atoms with Crippen molar-refractivity contribution in [1.82, 2.24) is 5.32 Å². The fourth-order valence-electron chi connectivity index (χ4n) is 1.56. The number of amides is 1. The first-order valence-electron chi connectivity index (χ1n) is 6.24. The molecule has 0 spiro atoms. The number of ether oxygens (including phenoxy) is 1. The first kappa shape index (κ1) is 16.6. The zero-order valence-electron chi connectivity index (χ0n) is 11.8. The first-order valence-corrected chi connectivity index (χ1v) is 7.78. The Balaban J connectivity index is 2.64. The molecule has 0 bridgehead atoms. The molecule has 20 heavy (non-hydrogen) atoms. The van der Waals surface area contributed by atoms with Gasteiger partial charge in [0.2, 0.25) is 15.9 Å². The van der Waals surface area contributed by atoms with Crippen LogP contribution in [0.25, 0.3) is 0 Å². The highest BCUT2D eigenvalue weighted by molar-refractivity contribution is 7.89. The second kappa shape index (κ2) is 6.83. The van der Waals surface area contributed by atoms with Gasteiger partial charge in [0, 0.05) is 0 Å². The van der Waals surface area contributed by atoms with Crippen LogP contribution in [0.2, 0.25) is 0 Å². The van der Waals surface area contributed by atoms with Crippen LogP contribution in [-0.4, -0.2) is 27.0 Å². The molecule has 1 aromatic rings. The smallest absolute Gasteiger partial charge is 0.246 e. The third-order valence-electron chi connectivity index (χ3n) is 2.63. The molecule has 0 aliphatic heterocycles. The molecule has 0 saturated heterocycles. The van der Waals surface area contributed by atoms with Crippen LogP contribution in [0.5, 0.6) is 0 Å². The van der Waals surface area contributed by atoms with E-state index in [1.165, 1.54) is 12.1 Å². The molecule has 1 amide bonds. The van der Waals surface area contributed by atoms with Crippen molar-refractivity contribution in [2.24, 2.45) is 5.14 Å². The summed E-state index contributed by atoms with van der Waals surface area (Å²) in [6, 6.07) is 5.82. The number of sulfonamides is 1. The summed E-state index contributed by atoms with van der Waals surface area (Å²) in [5.41, 5.74) is 0.787. The van der Waals surface area contributed by atoms with Crippen molar-refractivity contribution in [2.75, 3.05) is 6.61 Å². The molecule has 0 saturated carbocycles. The van der Waals surface area contributed by atoms with Crippen LogP contribution in [0.4, 0.5) is 0 Å². The maximum absolute atomic E-state index is 11.6. The molecule has 1 unspecified atom stereocenters. The van der Waals surface area contributed by atoms with E-state index in [9.17, 15) is 13.2 Å². The van der Waals surface area contributed by atoms with Crippen molar-refractivity contribution in [3.8, 4) is 0 Å². The van der Waals surface area contributed by atoms with Crippen LogP contribution in [0.3, 0.4) is 0 Å². The number of hydrogen-bond acceptors (Lipinski definition) is 4. The molecular weight excluding hydrogens is 280 g/mol. The van der Waals surface area contributed by atoms with Crippen molar-refractivity contribution in [3.05, 3.63) is 29.8 Å². The molecule has 0 aliphatic rings. The van der Waals surface area contributed by atoms with Crippen LogP contribution in [-0.2, 0) is 19.6 Å². The van der Waals surface area contributed by atoms with E-state index in [0.29, 0.717) is 0 Å². The molecule has 3 N–H and O–H groups in total. The third kappa shape index (κ3) is 5.28. The molecule has 0 heterocycles. The Bertz CT molecular complexity index is 552. The predicted octanol–water partition coefficient (Wildman–Crippen LogP) is 0.936. The first-order chi connectivity index (χ1) is 9.20. The second-order valence-corrected chi connectivity index (χ2v) is 6.32. The van der Waals surface area contributed by atoms with Gasteiger partial charge in [0.1, 0.15) is 6.61 Å². The highest BCUT2D eigenvalue weighted by Crippen LogP contribution is 2.15. The van der Waals surface area contributed by atoms with Crippen molar-refractivity contribution >= 4 is 15.9 Å². The summed E-state index contributed by atoms with van der Waals surface area (Å²) in [4.78, 5) is 11.6. The number of hydrogen-bond donors (Lipinski definition) is 2. The molecule has 1 rings (SSSR count). The molecule has 0 aliphatic carbocycles. The van der Waals surface area contributed by atoms with E-state index in [4.69, 9.17) is 9.88 Å². The van der Waals surface area contributed by atoms with E-state index in [-0.39, 0.29) is 29.6 Å². The Kier molecular flexibility index (Phi) is 5.67. The van der Waals surface area contributed by atoms with E-state index in [0.717, 1.165) is 5.56 Å². The molecule has 0 aromatic heterocycles. The predicted molar refractivity (Wildman–Crippen MR) is 75.5 cm³/mol. The average molecular weight is 300 g/mol. The summed E-state index contributed by atoms with van der Waals surface area (Å²) in [5.74, 6) is -0.221. The van der Waals surface area contributed by atoms with Crippen LogP contribution >= 0.6 is 0 Å². The van der Waals surface area contributed by atoms with E-state index in [1.807, 2.05) is 13.8 Å². The maximum atomic E-state index is 11.6. The van der Waals surface area contributed by atoms with E-state index in [2.05, 4.69) is 5.32 Å². The maximum Gasteiger partial charge on any atom is 0.246 e. The van der Waals surface area contributed by atoms with Crippen molar-refractivity contribution in [1.29, 1.82) is 0 Å². The van der Waals surface area contributed by atoms with E-state index < -0.39 is 10.0 Å². The zero-order chi connectivity index (χ0) is 15.3. The molecule has 7 heteroatoms. The normalized spacial score (nSPS) is 13.2. The van der Waals surface area contributed by atoms with Gasteiger partial charge in [0.25, 0.3) is 0 Å². The molecule has 112 valence electrons. The van der Waals surface area contributed by atoms with Crippen molar-refractivity contribution in [2.45, 2.75) is 37.8 Å². The largest absolute Gasteiger partial charge is 0.369 e. The number of carbonyl (C=O) groups is 1. The van der Waals surface area contributed by atoms with E-state index in [1.54, 1.807) is 19.1 Å². The lowest BCUT2D eigenvalue weighted by Gasteiger charge is -2.15. The summed E-state index contributed by atoms with van der Waals surface area (Å²) in [7, 11) is -3.69. The van der Waals surface area contributed by atoms with E-state index >= 15 is 0 Å². The number of nitrogens with two attached hydrogens (primary N) is 1. The Morgan fingerprint density at radius 1 is 1.25 bits per heavy atom. The lowest BCUT2D eigenvalue weighted by atomic mass is 10.1. The summed E-state index contributed by atoms with van der Waals surface area (Å²) >= 11 is 0. The van der Waals surface area contributed by atoms with Crippen molar-refractivity contribution < 1.29 is 17.9 Å². The second-order valence-electron chi connectivity index (χ2n) is 4.76. The quantitative estimate of drug-likeness (QED) is 0.816.